The van der Waals surface area contributed by atoms with E-state index in [0.29, 0.717) is 6.42 Å². The number of carbonyl (C=O) groups excluding carboxylic acids is 2. The fourth-order valence-corrected chi connectivity index (χ4v) is 7.25. The van der Waals surface area contributed by atoms with Crippen molar-refractivity contribution in [2.24, 2.45) is 28.6 Å². The Morgan fingerprint density at radius 1 is 1.26 bits per heavy atom. The Kier molecular flexibility index (Phi) is 4.32. The van der Waals surface area contributed by atoms with E-state index >= 15 is 0 Å². The first kappa shape index (κ1) is 19.1. The predicted octanol–water partition coefficient (Wildman–Crippen LogP) is 3.37. The van der Waals surface area contributed by atoms with Gasteiger partial charge in [-0.1, -0.05) is 37.1 Å². The van der Waals surface area contributed by atoms with Crippen LogP contribution in [-0.4, -0.2) is 34.0 Å². The molecule has 4 rings (SSSR count). The standard InChI is InChI=1S/C23H32O4/c1-4-14-7-9-21(2)15(11-14)5-6-16-17-8-10-23(27,19(26)13-24)22(17,3)12-18(25)20(16)21/h4,11,16-17,20,24,27H,5-10,12-13H2,1-3H3/t16-,17-,20+,21-,22-,23-/m0/s1. The van der Waals surface area contributed by atoms with Crippen LogP contribution in [0.4, 0.5) is 0 Å². The number of carbonyl (C=O) groups is 2. The van der Waals surface area contributed by atoms with Crippen molar-refractivity contribution < 1.29 is 19.8 Å². The SMILES string of the molecule is CC=C1C=C2CC[C@@H]3[C@H](C(=O)C[C@@]4(C)[C@H]3CC[C@]4(O)C(=O)CO)[C@@]2(C)CC1. The average Bonchev–Trinajstić information content (AvgIpc) is 2.91. The maximum absolute atomic E-state index is 13.5. The van der Waals surface area contributed by atoms with Gasteiger partial charge >= 0.3 is 0 Å². The van der Waals surface area contributed by atoms with E-state index in [2.05, 4.69) is 26.0 Å². The Balaban J connectivity index is 1.74. The second-order valence-electron chi connectivity index (χ2n) is 9.78. The van der Waals surface area contributed by atoms with Crippen molar-refractivity contribution in [3.05, 3.63) is 23.3 Å². The Hall–Kier alpha value is -1.26. The third-order valence-corrected chi connectivity index (χ3v) is 8.85. The van der Waals surface area contributed by atoms with Gasteiger partial charge in [-0.3, -0.25) is 9.59 Å². The summed E-state index contributed by atoms with van der Waals surface area (Å²) in [5, 5.41) is 20.6. The monoisotopic (exact) mass is 372 g/mol. The molecule has 2 N–H and O–H groups in total. The van der Waals surface area contributed by atoms with Crippen LogP contribution < -0.4 is 0 Å². The maximum atomic E-state index is 13.5. The number of allylic oxidation sites excluding steroid dienone is 4. The highest BCUT2D eigenvalue weighted by Gasteiger charge is 2.68. The molecular weight excluding hydrogens is 340 g/mol. The summed E-state index contributed by atoms with van der Waals surface area (Å²) in [5.74, 6) is 0.0902. The molecule has 6 atom stereocenters. The molecule has 0 aliphatic heterocycles. The van der Waals surface area contributed by atoms with Gasteiger partial charge in [-0.05, 0) is 62.7 Å². The van der Waals surface area contributed by atoms with Crippen molar-refractivity contribution in [3.63, 3.8) is 0 Å². The zero-order valence-electron chi connectivity index (χ0n) is 16.8. The second kappa shape index (κ2) is 6.12. The third-order valence-electron chi connectivity index (χ3n) is 8.85. The van der Waals surface area contributed by atoms with Crippen molar-refractivity contribution >= 4 is 11.6 Å². The minimum atomic E-state index is -1.56. The molecule has 0 aromatic rings. The van der Waals surface area contributed by atoms with Crippen LogP contribution in [0.1, 0.15) is 65.7 Å². The van der Waals surface area contributed by atoms with Gasteiger partial charge in [-0.2, -0.15) is 0 Å². The molecule has 4 aliphatic rings. The smallest absolute Gasteiger partial charge is 0.190 e. The van der Waals surface area contributed by atoms with Crippen LogP contribution in [0.5, 0.6) is 0 Å². The molecule has 0 saturated heterocycles. The van der Waals surface area contributed by atoms with Gasteiger partial charge in [0.1, 0.15) is 18.0 Å². The van der Waals surface area contributed by atoms with Gasteiger partial charge in [-0.15, -0.1) is 0 Å². The first-order valence-electron chi connectivity index (χ1n) is 10.5. The molecule has 3 fully saturated rings. The van der Waals surface area contributed by atoms with Gasteiger partial charge in [0.05, 0.1) is 0 Å². The summed E-state index contributed by atoms with van der Waals surface area (Å²) < 4.78 is 0. The van der Waals surface area contributed by atoms with Crippen LogP contribution in [0.3, 0.4) is 0 Å². The Labute approximate surface area is 161 Å². The first-order valence-corrected chi connectivity index (χ1v) is 10.5. The number of fused-ring (bicyclic) bond motifs is 5. The second-order valence-corrected chi connectivity index (χ2v) is 9.78. The fourth-order valence-electron chi connectivity index (χ4n) is 7.25. The molecule has 4 aliphatic carbocycles. The summed E-state index contributed by atoms with van der Waals surface area (Å²) in [5.41, 5.74) is 0.397. The molecule has 0 heterocycles. The van der Waals surface area contributed by atoms with Gasteiger partial charge in [0.2, 0.25) is 0 Å². The number of hydrogen-bond donors (Lipinski definition) is 2. The van der Waals surface area contributed by atoms with E-state index in [-0.39, 0.29) is 35.4 Å². The predicted molar refractivity (Wildman–Crippen MR) is 103 cm³/mol. The summed E-state index contributed by atoms with van der Waals surface area (Å²) in [6, 6.07) is 0. The molecule has 0 amide bonds. The van der Waals surface area contributed by atoms with Crippen LogP contribution in [0.2, 0.25) is 0 Å². The Morgan fingerprint density at radius 2 is 2.00 bits per heavy atom. The average molecular weight is 373 g/mol. The lowest BCUT2D eigenvalue weighted by molar-refractivity contribution is -0.170. The number of rotatable bonds is 2. The molecule has 4 heteroatoms. The summed E-state index contributed by atoms with van der Waals surface area (Å²) in [7, 11) is 0. The van der Waals surface area contributed by atoms with Gasteiger partial charge in [0.15, 0.2) is 5.78 Å². The lowest BCUT2D eigenvalue weighted by Gasteiger charge is -2.58. The number of aliphatic hydroxyl groups is 2. The van der Waals surface area contributed by atoms with E-state index in [1.807, 2.05) is 6.92 Å². The third kappa shape index (κ3) is 2.35. The highest BCUT2D eigenvalue weighted by Crippen LogP contribution is 2.66. The van der Waals surface area contributed by atoms with E-state index in [0.717, 1.165) is 32.1 Å². The lowest BCUT2D eigenvalue weighted by atomic mass is 9.45. The minimum Gasteiger partial charge on any atom is -0.388 e. The fraction of sp³-hybridized carbons (Fsp3) is 0.739. The Bertz CT molecular complexity index is 749. The van der Waals surface area contributed by atoms with Gasteiger partial charge in [-0.25, -0.2) is 0 Å². The van der Waals surface area contributed by atoms with E-state index in [4.69, 9.17) is 0 Å². The van der Waals surface area contributed by atoms with Crippen molar-refractivity contribution in [3.8, 4) is 0 Å². The van der Waals surface area contributed by atoms with Crippen LogP contribution in [0, 0.1) is 28.6 Å². The first-order chi connectivity index (χ1) is 12.7. The van der Waals surface area contributed by atoms with Crippen molar-refractivity contribution in [2.45, 2.75) is 71.3 Å². The topological polar surface area (TPSA) is 74.6 Å². The molecule has 148 valence electrons. The quantitative estimate of drug-likeness (QED) is 0.779. The zero-order valence-corrected chi connectivity index (χ0v) is 16.8. The van der Waals surface area contributed by atoms with Crippen molar-refractivity contribution in [1.82, 2.24) is 0 Å². The minimum absolute atomic E-state index is 0.000518. The molecule has 27 heavy (non-hydrogen) atoms. The number of Topliss-reactive ketones (excluding diaryl/α,β-unsaturated/α-hetero) is 2. The molecule has 0 aromatic carbocycles. The van der Waals surface area contributed by atoms with Crippen LogP contribution in [0.15, 0.2) is 23.3 Å². The van der Waals surface area contributed by atoms with Crippen LogP contribution in [-0.2, 0) is 9.59 Å². The molecule has 4 nitrogen and oxygen atoms in total. The van der Waals surface area contributed by atoms with Gasteiger partial charge in [0.25, 0.3) is 0 Å². The molecule has 0 radical (unpaired) electrons. The van der Waals surface area contributed by atoms with Crippen molar-refractivity contribution in [2.75, 3.05) is 6.61 Å². The normalized spacial score (nSPS) is 47.9. The van der Waals surface area contributed by atoms with E-state index < -0.39 is 23.4 Å². The number of ketones is 2. The molecular formula is C23H32O4. The molecule has 0 unspecified atom stereocenters. The highest BCUT2D eigenvalue weighted by molar-refractivity contribution is 5.92. The molecule has 0 bridgehead atoms. The summed E-state index contributed by atoms with van der Waals surface area (Å²) >= 11 is 0. The van der Waals surface area contributed by atoms with E-state index in [1.165, 1.54) is 11.1 Å². The largest absolute Gasteiger partial charge is 0.388 e. The lowest BCUT2D eigenvalue weighted by Crippen LogP contribution is -2.60. The molecule has 0 spiro atoms. The summed E-state index contributed by atoms with van der Waals surface area (Å²) in [4.78, 5) is 25.9. The highest BCUT2D eigenvalue weighted by atomic mass is 16.3. The van der Waals surface area contributed by atoms with Crippen molar-refractivity contribution in [1.29, 1.82) is 0 Å². The molecule has 3 saturated carbocycles. The number of aliphatic hydroxyl groups excluding tert-OH is 1. The summed E-state index contributed by atoms with van der Waals surface area (Å²) in [6.07, 6.45) is 9.86. The van der Waals surface area contributed by atoms with Gasteiger partial charge in [0, 0.05) is 17.8 Å². The summed E-state index contributed by atoms with van der Waals surface area (Å²) in [6.45, 7) is 5.61. The van der Waals surface area contributed by atoms with E-state index in [9.17, 15) is 19.8 Å². The number of hydrogen-bond acceptors (Lipinski definition) is 4. The molecule has 0 aromatic heterocycles. The van der Waals surface area contributed by atoms with Gasteiger partial charge < -0.3 is 10.2 Å². The zero-order chi connectivity index (χ0) is 19.6. The Morgan fingerprint density at radius 3 is 2.67 bits per heavy atom. The van der Waals surface area contributed by atoms with Crippen LogP contribution >= 0.6 is 0 Å². The van der Waals surface area contributed by atoms with Crippen LogP contribution in [0.25, 0.3) is 0 Å². The van der Waals surface area contributed by atoms with E-state index in [1.54, 1.807) is 0 Å². The maximum Gasteiger partial charge on any atom is 0.190 e.